The molecule has 4 N–H and O–H groups in total. The van der Waals surface area contributed by atoms with Crippen LogP contribution in [0.1, 0.15) is 41.2 Å². The minimum Gasteiger partial charge on any atom is -0.490 e. The maximum Gasteiger partial charge on any atom is 0.321 e. The van der Waals surface area contributed by atoms with E-state index in [1.165, 1.54) is 18.4 Å². The highest BCUT2D eigenvalue weighted by atomic mass is 32.1. The molecule has 5 rings (SSSR count). The molecule has 1 aromatic carbocycles. The maximum atomic E-state index is 13.5. The van der Waals surface area contributed by atoms with Crippen molar-refractivity contribution in [1.29, 1.82) is 0 Å². The molecule has 10 nitrogen and oxygen atoms in total. The first-order valence-corrected chi connectivity index (χ1v) is 12.9. The third kappa shape index (κ3) is 4.75. The number of carbonyl (C=O) groups is 4. The number of primary amides is 1. The summed E-state index contributed by atoms with van der Waals surface area (Å²) in [5.74, 6) is -0.221. The highest BCUT2D eigenvalue weighted by Crippen LogP contribution is 2.40. The molecule has 2 aromatic rings. The van der Waals surface area contributed by atoms with Gasteiger partial charge in [0.15, 0.2) is 0 Å². The number of nitrogens with two attached hydrogens (primary N) is 1. The summed E-state index contributed by atoms with van der Waals surface area (Å²) < 4.78 is 5.96. The van der Waals surface area contributed by atoms with E-state index < -0.39 is 24.4 Å². The van der Waals surface area contributed by atoms with Gasteiger partial charge in [0.25, 0.3) is 0 Å². The molecule has 2 atom stereocenters. The Bertz CT molecular complexity index is 1210. The lowest BCUT2D eigenvalue weighted by atomic mass is 9.99. The van der Waals surface area contributed by atoms with E-state index in [9.17, 15) is 19.2 Å². The highest BCUT2D eigenvalue weighted by Gasteiger charge is 2.42. The molecular formula is C25H29N5O5S. The van der Waals surface area contributed by atoms with Crippen LogP contribution in [-0.2, 0) is 22.6 Å². The van der Waals surface area contributed by atoms with E-state index in [2.05, 4.69) is 10.6 Å². The molecule has 190 valence electrons. The first-order valence-electron chi connectivity index (χ1n) is 12.1. The second-order valence-corrected chi connectivity index (χ2v) is 10.4. The molecule has 0 saturated heterocycles. The molecule has 0 radical (unpaired) electrons. The van der Waals surface area contributed by atoms with Crippen LogP contribution in [0.15, 0.2) is 29.6 Å². The van der Waals surface area contributed by atoms with Gasteiger partial charge in [0, 0.05) is 12.7 Å². The first kappa shape index (κ1) is 24.1. The second kappa shape index (κ2) is 9.81. The molecule has 2 heterocycles. The zero-order valence-corrected chi connectivity index (χ0v) is 20.8. The van der Waals surface area contributed by atoms with Gasteiger partial charge in [0.05, 0.1) is 23.4 Å². The molecule has 0 spiro atoms. The third-order valence-electron chi connectivity index (χ3n) is 7.14. The number of ether oxygens (including phenoxy) is 1. The molecule has 1 aromatic heterocycles. The van der Waals surface area contributed by atoms with Crippen molar-refractivity contribution >= 4 is 40.9 Å². The fourth-order valence-corrected chi connectivity index (χ4v) is 5.89. The summed E-state index contributed by atoms with van der Waals surface area (Å²) in [4.78, 5) is 54.6. The number of carbonyl (C=O) groups excluding carboxylic acids is 4. The van der Waals surface area contributed by atoms with Gasteiger partial charge in [-0.05, 0) is 66.3 Å². The van der Waals surface area contributed by atoms with E-state index in [1.54, 1.807) is 17.0 Å². The molecular weight excluding hydrogens is 482 g/mol. The Morgan fingerprint density at radius 1 is 1.19 bits per heavy atom. The number of fused-ring (bicyclic) bond motifs is 2. The first-order chi connectivity index (χ1) is 17.4. The number of benzene rings is 1. The largest absolute Gasteiger partial charge is 0.490 e. The van der Waals surface area contributed by atoms with Gasteiger partial charge < -0.3 is 26.0 Å². The quantitative estimate of drug-likeness (QED) is 0.567. The van der Waals surface area contributed by atoms with Crippen LogP contribution in [0.4, 0.5) is 15.3 Å². The Balaban J connectivity index is 1.33. The van der Waals surface area contributed by atoms with Crippen LogP contribution in [0.3, 0.4) is 0 Å². The summed E-state index contributed by atoms with van der Waals surface area (Å²) in [6.45, 7) is 0.383. The maximum absolute atomic E-state index is 13.5. The fraction of sp³-hybridized carbons (Fsp3) is 0.440. The molecule has 36 heavy (non-hydrogen) atoms. The Morgan fingerprint density at radius 3 is 2.72 bits per heavy atom. The van der Waals surface area contributed by atoms with Crippen LogP contribution < -0.4 is 21.1 Å². The lowest BCUT2D eigenvalue weighted by molar-refractivity contribution is -0.141. The predicted octanol–water partition coefficient (Wildman–Crippen LogP) is 2.64. The van der Waals surface area contributed by atoms with Crippen molar-refractivity contribution in [1.82, 2.24) is 15.1 Å². The number of rotatable bonds is 5. The van der Waals surface area contributed by atoms with Crippen LogP contribution >= 0.6 is 11.3 Å². The van der Waals surface area contributed by atoms with Crippen molar-refractivity contribution in [3.63, 3.8) is 0 Å². The van der Waals surface area contributed by atoms with Gasteiger partial charge in [-0.15, -0.1) is 11.3 Å². The van der Waals surface area contributed by atoms with Crippen LogP contribution in [0.25, 0.3) is 0 Å². The molecule has 0 bridgehead atoms. The number of hydrogen-bond acceptors (Lipinski definition) is 6. The summed E-state index contributed by atoms with van der Waals surface area (Å²) in [6.07, 6.45) is 3.17. The number of anilines is 1. The van der Waals surface area contributed by atoms with Crippen LogP contribution in [0.2, 0.25) is 0 Å². The number of aryl methyl sites for hydroxylation is 1. The van der Waals surface area contributed by atoms with E-state index in [-0.39, 0.29) is 18.0 Å². The molecule has 1 fully saturated rings. The smallest absolute Gasteiger partial charge is 0.321 e. The topological polar surface area (TPSA) is 134 Å². The minimum absolute atomic E-state index is 0.0969. The Morgan fingerprint density at radius 2 is 2.00 bits per heavy atom. The number of hydrogen-bond donors (Lipinski definition) is 3. The Kier molecular flexibility index (Phi) is 6.57. The molecule has 0 unspecified atom stereocenters. The summed E-state index contributed by atoms with van der Waals surface area (Å²) in [7, 11) is 1.53. The monoisotopic (exact) mass is 511 g/mol. The van der Waals surface area contributed by atoms with Crippen LogP contribution in [0.5, 0.6) is 5.75 Å². The van der Waals surface area contributed by atoms with Gasteiger partial charge >= 0.3 is 12.1 Å². The van der Waals surface area contributed by atoms with Gasteiger partial charge in [0.1, 0.15) is 18.9 Å². The zero-order valence-electron chi connectivity index (χ0n) is 20.0. The van der Waals surface area contributed by atoms with E-state index in [4.69, 9.17) is 10.5 Å². The fourth-order valence-electron chi connectivity index (χ4n) is 5.08. The van der Waals surface area contributed by atoms with Crippen molar-refractivity contribution < 1.29 is 23.9 Å². The van der Waals surface area contributed by atoms with E-state index in [0.29, 0.717) is 37.6 Å². The van der Waals surface area contributed by atoms with Gasteiger partial charge in [-0.25, -0.2) is 9.59 Å². The molecule has 3 aliphatic rings. The molecule has 11 heteroatoms. The van der Waals surface area contributed by atoms with E-state index in [0.717, 1.165) is 39.5 Å². The minimum atomic E-state index is -0.939. The zero-order chi connectivity index (χ0) is 25.4. The van der Waals surface area contributed by atoms with Gasteiger partial charge in [-0.3, -0.25) is 14.5 Å². The average Bonchev–Trinajstić information content (AvgIpc) is 3.51. The number of urea groups is 2. The summed E-state index contributed by atoms with van der Waals surface area (Å²) >= 11 is 1.52. The Labute approximate surface area is 212 Å². The standard InChI is InChI=1S/C25H29N5O5S/c1-27-25(34)28-16-5-7-17-15(10-16)4-6-18(17)23(32)30(24(26)33)12-22(31)29-11-21-20(8-9-36-21)35-13-19(29)14-2-3-14/h5,7-10,14,18-19H,2-4,6,11-13H2,1H3,(H2,26,33)(H2,27,28,34)/t18-,19-/m0/s1. The second-order valence-electron chi connectivity index (χ2n) is 9.42. The lowest BCUT2D eigenvalue weighted by Crippen LogP contribution is -2.52. The number of imide groups is 1. The number of nitrogens with one attached hydrogen (secondary N) is 2. The summed E-state index contributed by atoms with van der Waals surface area (Å²) in [5, 5.41) is 7.14. The van der Waals surface area contributed by atoms with Crippen molar-refractivity contribution in [2.24, 2.45) is 11.7 Å². The highest BCUT2D eigenvalue weighted by molar-refractivity contribution is 7.10. The van der Waals surface area contributed by atoms with Crippen molar-refractivity contribution in [3.05, 3.63) is 45.6 Å². The third-order valence-corrected chi connectivity index (χ3v) is 8.03. The number of nitrogens with zero attached hydrogens (tertiary/aromatic N) is 2. The molecule has 1 aliphatic heterocycles. The van der Waals surface area contributed by atoms with E-state index in [1.807, 2.05) is 17.5 Å². The van der Waals surface area contributed by atoms with Crippen LogP contribution in [0, 0.1) is 5.92 Å². The van der Waals surface area contributed by atoms with Crippen molar-refractivity contribution in [2.45, 2.75) is 44.2 Å². The summed E-state index contributed by atoms with van der Waals surface area (Å²) in [6, 6.07) is 5.86. The predicted molar refractivity (Wildman–Crippen MR) is 134 cm³/mol. The number of thiophene rings is 1. The van der Waals surface area contributed by atoms with Gasteiger partial charge in [-0.2, -0.15) is 0 Å². The lowest BCUT2D eigenvalue weighted by Gasteiger charge is -2.31. The molecule has 1 saturated carbocycles. The average molecular weight is 512 g/mol. The van der Waals surface area contributed by atoms with Gasteiger partial charge in [-0.1, -0.05) is 6.07 Å². The summed E-state index contributed by atoms with van der Waals surface area (Å²) in [5.41, 5.74) is 7.93. The SMILES string of the molecule is CNC(=O)Nc1ccc2c(c1)CC[C@@H]2C(=O)N(CC(=O)N1Cc2sccc2OC[C@H]1C1CC1)C(N)=O. The van der Waals surface area contributed by atoms with Crippen molar-refractivity contribution in [2.75, 3.05) is 25.5 Å². The Hall–Kier alpha value is -3.60. The molecule has 2 aliphatic carbocycles. The normalized spacial score (nSPS) is 20.4. The van der Waals surface area contributed by atoms with Crippen molar-refractivity contribution in [3.8, 4) is 5.75 Å². The van der Waals surface area contributed by atoms with Gasteiger partial charge in [0.2, 0.25) is 11.8 Å². The number of amides is 6. The molecule has 6 amide bonds. The van der Waals surface area contributed by atoms with E-state index >= 15 is 0 Å². The van der Waals surface area contributed by atoms with Crippen LogP contribution in [-0.4, -0.2) is 59.9 Å².